The molecule has 1 aliphatic rings. The molecule has 0 aliphatic carbocycles. The van der Waals surface area contributed by atoms with Crippen LogP contribution in [-0.2, 0) is 14.3 Å². The van der Waals surface area contributed by atoms with Gasteiger partial charge in [-0.2, -0.15) is 0 Å². The van der Waals surface area contributed by atoms with Crippen molar-refractivity contribution in [3.63, 3.8) is 0 Å². The smallest absolute Gasteiger partial charge is 0.319 e. The Morgan fingerprint density at radius 1 is 1.16 bits per heavy atom. The molecule has 0 N–H and O–H groups in total. The average molecular weight is 270 g/mol. The zero-order chi connectivity index (χ0) is 14.5. The summed E-state index contributed by atoms with van der Waals surface area (Å²) in [6.45, 7) is 9.51. The van der Waals surface area contributed by atoms with Crippen LogP contribution in [0.15, 0.2) is 0 Å². The Morgan fingerprint density at radius 2 is 1.84 bits per heavy atom. The number of likely N-dealkylation sites (N-methyl/N-ethyl adjacent to an activating group) is 1. The molecule has 0 radical (unpaired) electrons. The second-order valence-electron chi connectivity index (χ2n) is 5.70. The van der Waals surface area contributed by atoms with Crippen molar-refractivity contribution in [1.82, 2.24) is 9.80 Å². The maximum Gasteiger partial charge on any atom is 0.319 e. The van der Waals surface area contributed by atoms with Crippen molar-refractivity contribution in [1.29, 1.82) is 0 Å². The molecule has 0 bridgehead atoms. The van der Waals surface area contributed by atoms with Crippen LogP contribution in [0.2, 0.25) is 0 Å². The molecule has 110 valence electrons. The minimum Gasteiger partial charge on any atom is -0.465 e. The van der Waals surface area contributed by atoms with Gasteiger partial charge in [0.1, 0.15) is 5.41 Å². The van der Waals surface area contributed by atoms with Crippen LogP contribution in [-0.4, -0.2) is 67.9 Å². The van der Waals surface area contributed by atoms with Crippen LogP contribution >= 0.6 is 0 Å². The largest absolute Gasteiger partial charge is 0.465 e. The fraction of sp³-hybridized carbons (Fsp3) is 0.857. The van der Waals surface area contributed by atoms with Crippen molar-refractivity contribution < 1.29 is 14.3 Å². The molecule has 0 aromatic heterocycles. The fourth-order valence-corrected chi connectivity index (χ4v) is 2.08. The van der Waals surface area contributed by atoms with E-state index in [0.717, 1.165) is 32.6 Å². The number of Topliss-reactive ketones (excluding diaryl/α,β-unsaturated/α-hetero) is 1. The highest BCUT2D eigenvalue weighted by atomic mass is 16.5. The molecule has 0 unspecified atom stereocenters. The topological polar surface area (TPSA) is 49.9 Å². The Balaban J connectivity index is 2.55. The van der Waals surface area contributed by atoms with Crippen molar-refractivity contribution in [2.75, 3.05) is 46.4 Å². The fourth-order valence-electron chi connectivity index (χ4n) is 2.08. The third-order valence-corrected chi connectivity index (χ3v) is 3.66. The number of rotatable bonds is 5. The van der Waals surface area contributed by atoms with Gasteiger partial charge in [-0.15, -0.1) is 0 Å². The van der Waals surface area contributed by atoms with E-state index in [1.54, 1.807) is 20.8 Å². The van der Waals surface area contributed by atoms with Crippen LogP contribution in [0, 0.1) is 5.41 Å². The number of esters is 1. The van der Waals surface area contributed by atoms with E-state index in [4.69, 9.17) is 4.74 Å². The van der Waals surface area contributed by atoms with Crippen LogP contribution < -0.4 is 0 Å². The lowest BCUT2D eigenvalue weighted by Gasteiger charge is -2.25. The standard InChI is InChI=1S/C14H26N2O3/c1-5-19-13(18)14(2,3)12(17)11-16-8-6-7-15(4)9-10-16/h5-11H2,1-4H3. The molecule has 1 aliphatic heterocycles. The molecular weight excluding hydrogens is 244 g/mol. The predicted molar refractivity (Wildman–Crippen MR) is 74.0 cm³/mol. The minimum atomic E-state index is -1.05. The van der Waals surface area contributed by atoms with Gasteiger partial charge in [0, 0.05) is 13.1 Å². The second kappa shape index (κ2) is 7.01. The number of carbonyl (C=O) groups is 2. The SMILES string of the molecule is CCOC(=O)C(C)(C)C(=O)CN1CCCN(C)CC1. The van der Waals surface area contributed by atoms with Crippen molar-refractivity contribution in [2.45, 2.75) is 27.2 Å². The Kier molecular flexibility index (Phi) is 5.94. The average Bonchev–Trinajstić information content (AvgIpc) is 2.54. The molecule has 5 heteroatoms. The van der Waals surface area contributed by atoms with E-state index in [1.165, 1.54) is 0 Å². The van der Waals surface area contributed by atoms with Crippen LogP contribution in [0.3, 0.4) is 0 Å². The molecule has 1 fully saturated rings. The van der Waals surface area contributed by atoms with Gasteiger partial charge in [0.15, 0.2) is 5.78 Å². The van der Waals surface area contributed by atoms with Gasteiger partial charge in [0.05, 0.1) is 13.2 Å². The van der Waals surface area contributed by atoms with E-state index in [1.807, 2.05) is 0 Å². The summed E-state index contributed by atoms with van der Waals surface area (Å²) in [5.74, 6) is -0.484. The summed E-state index contributed by atoms with van der Waals surface area (Å²) in [5.41, 5.74) is -1.05. The van der Waals surface area contributed by atoms with E-state index in [0.29, 0.717) is 13.2 Å². The van der Waals surface area contributed by atoms with Gasteiger partial charge in [0.2, 0.25) is 0 Å². The lowest BCUT2D eigenvalue weighted by Crippen LogP contribution is -2.43. The van der Waals surface area contributed by atoms with Crippen molar-refractivity contribution in [3.8, 4) is 0 Å². The molecule has 0 saturated carbocycles. The molecule has 1 heterocycles. The summed E-state index contributed by atoms with van der Waals surface area (Å²) in [7, 11) is 2.09. The third kappa shape index (κ3) is 4.58. The van der Waals surface area contributed by atoms with Gasteiger partial charge in [-0.25, -0.2) is 0 Å². The normalized spacial score (nSPS) is 18.9. The van der Waals surface area contributed by atoms with Gasteiger partial charge in [-0.1, -0.05) is 0 Å². The summed E-state index contributed by atoms with van der Waals surface area (Å²) in [5, 5.41) is 0. The third-order valence-electron chi connectivity index (χ3n) is 3.66. The zero-order valence-electron chi connectivity index (χ0n) is 12.6. The van der Waals surface area contributed by atoms with Gasteiger partial charge >= 0.3 is 5.97 Å². The molecule has 0 spiro atoms. The lowest BCUT2D eigenvalue weighted by molar-refractivity contribution is -0.158. The zero-order valence-corrected chi connectivity index (χ0v) is 12.6. The van der Waals surface area contributed by atoms with E-state index in [-0.39, 0.29) is 5.78 Å². The first-order chi connectivity index (χ1) is 8.87. The summed E-state index contributed by atoms with van der Waals surface area (Å²) in [6, 6.07) is 0. The first-order valence-electron chi connectivity index (χ1n) is 6.99. The molecule has 5 nitrogen and oxygen atoms in total. The highest BCUT2D eigenvalue weighted by Gasteiger charge is 2.37. The molecule has 1 rings (SSSR count). The van der Waals surface area contributed by atoms with Crippen LogP contribution in [0.4, 0.5) is 0 Å². The predicted octanol–water partition coefficient (Wildman–Crippen LogP) is 0.782. The van der Waals surface area contributed by atoms with Crippen LogP contribution in [0.1, 0.15) is 27.2 Å². The minimum absolute atomic E-state index is 0.0597. The van der Waals surface area contributed by atoms with E-state index >= 15 is 0 Å². The van der Waals surface area contributed by atoms with Gasteiger partial charge in [-0.3, -0.25) is 14.5 Å². The first kappa shape index (κ1) is 16.1. The summed E-state index contributed by atoms with van der Waals surface area (Å²) >= 11 is 0. The van der Waals surface area contributed by atoms with Gasteiger partial charge in [0.25, 0.3) is 0 Å². The Bertz CT molecular complexity index is 329. The first-order valence-corrected chi connectivity index (χ1v) is 6.99. The monoisotopic (exact) mass is 270 g/mol. The maximum absolute atomic E-state index is 12.3. The lowest BCUT2D eigenvalue weighted by atomic mass is 9.88. The molecule has 0 atom stereocenters. The molecule has 0 aromatic rings. The molecule has 1 saturated heterocycles. The Hall–Kier alpha value is -0.940. The Labute approximate surface area is 115 Å². The molecular formula is C14H26N2O3. The number of carbonyl (C=O) groups excluding carboxylic acids is 2. The quantitative estimate of drug-likeness (QED) is 0.546. The second-order valence-corrected chi connectivity index (χ2v) is 5.70. The van der Waals surface area contributed by atoms with E-state index < -0.39 is 11.4 Å². The molecule has 0 aromatic carbocycles. The van der Waals surface area contributed by atoms with Gasteiger partial charge < -0.3 is 9.64 Å². The van der Waals surface area contributed by atoms with Crippen LogP contribution in [0.5, 0.6) is 0 Å². The number of ketones is 1. The number of hydrogen-bond donors (Lipinski definition) is 0. The number of ether oxygens (including phenoxy) is 1. The van der Waals surface area contributed by atoms with Crippen molar-refractivity contribution in [2.24, 2.45) is 5.41 Å². The van der Waals surface area contributed by atoms with Crippen molar-refractivity contribution >= 4 is 11.8 Å². The summed E-state index contributed by atoms with van der Waals surface area (Å²) in [4.78, 5) is 28.5. The molecule has 0 amide bonds. The highest BCUT2D eigenvalue weighted by Crippen LogP contribution is 2.20. The molecule has 19 heavy (non-hydrogen) atoms. The number of nitrogens with zero attached hydrogens (tertiary/aromatic N) is 2. The Morgan fingerprint density at radius 3 is 2.47 bits per heavy atom. The highest BCUT2D eigenvalue weighted by molar-refractivity contribution is 6.03. The maximum atomic E-state index is 12.3. The van der Waals surface area contributed by atoms with Crippen molar-refractivity contribution in [3.05, 3.63) is 0 Å². The van der Waals surface area contributed by atoms with E-state index in [9.17, 15) is 9.59 Å². The summed E-state index contributed by atoms with van der Waals surface area (Å²) in [6.07, 6.45) is 1.06. The number of hydrogen-bond acceptors (Lipinski definition) is 5. The van der Waals surface area contributed by atoms with Gasteiger partial charge in [-0.05, 0) is 47.3 Å². The summed E-state index contributed by atoms with van der Waals surface area (Å²) < 4.78 is 4.97. The van der Waals surface area contributed by atoms with E-state index in [2.05, 4.69) is 16.8 Å². The van der Waals surface area contributed by atoms with Crippen LogP contribution in [0.25, 0.3) is 0 Å².